The second kappa shape index (κ2) is 5.43. The van der Waals surface area contributed by atoms with E-state index in [-0.39, 0.29) is 0 Å². The number of nitriles is 1. The fourth-order valence-electron chi connectivity index (χ4n) is 2.17. The number of alkyl halides is 1. The lowest BCUT2D eigenvalue weighted by Gasteiger charge is -2.07. The number of nitrogens with zero attached hydrogens (tertiary/aromatic N) is 3. The predicted octanol–water partition coefficient (Wildman–Crippen LogP) is 4.24. The monoisotopic (exact) mass is 393 g/mol. The lowest BCUT2D eigenvalue weighted by Crippen LogP contribution is -1.99. The van der Waals surface area contributed by atoms with Crippen molar-refractivity contribution in [3.05, 3.63) is 57.4 Å². The minimum atomic E-state index is 0.339. The molecule has 0 amide bonds. The second-order valence-corrected chi connectivity index (χ2v) is 5.80. The van der Waals surface area contributed by atoms with Gasteiger partial charge in [-0.25, -0.2) is 4.98 Å². The highest BCUT2D eigenvalue weighted by Gasteiger charge is 2.11. The van der Waals surface area contributed by atoms with E-state index in [4.69, 9.17) is 16.9 Å². The van der Waals surface area contributed by atoms with Crippen molar-refractivity contribution in [2.75, 3.05) is 0 Å². The Bertz CT molecular complexity index is 815. The molecule has 3 rings (SSSR count). The van der Waals surface area contributed by atoms with Gasteiger partial charge in [-0.3, -0.25) is 4.57 Å². The summed E-state index contributed by atoms with van der Waals surface area (Å²) in [7, 11) is 0. The second-order valence-electron chi connectivity index (χ2n) is 4.29. The highest BCUT2D eigenvalue weighted by molar-refractivity contribution is 14.1. The minimum absolute atomic E-state index is 0.339. The zero-order valence-corrected chi connectivity index (χ0v) is 13.3. The Hall–Kier alpha value is -1.58. The standard InChI is InChI=1S/C15H9ClIN3/c16-8-15-19-13-7-11(17)3-6-14(13)20(15)12-4-1-10(9-18)2-5-12/h1-7H,8H2. The van der Waals surface area contributed by atoms with Crippen LogP contribution in [-0.2, 0) is 5.88 Å². The molecule has 0 bridgehead atoms. The molecule has 0 aliphatic heterocycles. The molecule has 0 N–H and O–H groups in total. The topological polar surface area (TPSA) is 41.6 Å². The molecule has 0 aliphatic rings. The highest BCUT2D eigenvalue weighted by Crippen LogP contribution is 2.24. The van der Waals surface area contributed by atoms with Gasteiger partial charge in [0.05, 0.1) is 28.5 Å². The van der Waals surface area contributed by atoms with Crippen molar-refractivity contribution >= 4 is 45.2 Å². The van der Waals surface area contributed by atoms with E-state index < -0.39 is 0 Å². The van der Waals surface area contributed by atoms with Gasteiger partial charge in [-0.1, -0.05) is 0 Å². The fourth-order valence-corrected chi connectivity index (χ4v) is 2.82. The van der Waals surface area contributed by atoms with Crippen LogP contribution in [0.3, 0.4) is 0 Å². The average Bonchev–Trinajstić information content (AvgIpc) is 2.84. The zero-order chi connectivity index (χ0) is 14.1. The third-order valence-corrected chi connectivity index (χ3v) is 3.97. The summed E-state index contributed by atoms with van der Waals surface area (Å²) >= 11 is 8.28. The molecule has 0 atom stereocenters. The molecule has 0 radical (unpaired) electrons. The molecule has 0 saturated heterocycles. The van der Waals surface area contributed by atoms with Gasteiger partial charge in [-0.15, -0.1) is 11.6 Å². The molecule has 1 heterocycles. The molecule has 3 nitrogen and oxygen atoms in total. The molecule has 98 valence electrons. The van der Waals surface area contributed by atoms with Crippen LogP contribution < -0.4 is 0 Å². The normalized spacial score (nSPS) is 10.7. The Balaban J connectivity index is 2.25. The predicted molar refractivity (Wildman–Crippen MR) is 88.1 cm³/mol. The van der Waals surface area contributed by atoms with Crippen molar-refractivity contribution in [2.45, 2.75) is 5.88 Å². The van der Waals surface area contributed by atoms with E-state index in [9.17, 15) is 0 Å². The zero-order valence-electron chi connectivity index (χ0n) is 10.3. The number of hydrogen-bond donors (Lipinski definition) is 0. The van der Waals surface area contributed by atoms with Crippen molar-refractivity contribution in [3.8, 4) is 11.8 Å². The summed E-state index contributed by atoms with van der Waals surface area (Å²) in [4.78, 5) is 4.57. The summed E-state index contributed by atoms with van der Waals surface area (Å²) < 4.78 is 3.17. The minimum Gasteiger partial charge on any atom is -0.295 e. The van der Waals surface area contributed by atoms with Crippen molar-refractivity contribution in [1.29, 1.82) is 5.26 Å². The van der Waals surface area contributed by atoms with E-state index in [0.29, 0.717) is 11.4 Å². The maximum absolute atomic E-state index is 8.87. The summed E-state index contributed by atoms with van der Waals surface area (Å²) in [5.74, 6) is 1.14. The third kappa shape index (κ3) is 2.28. The Morgan fingerprint density at radius 2 is 1.95 bits per heavy atom. The molecular formula is C15H9ClIN3. The molecule has 3 aromatic rings. The van der Waals surface area contributed by atoms with Crippen LogP contribution in [0.5, 0.6) is 0 Å². The number of fused-ring (bicyclic) bond motifs is 1. The van der Waals surface area contributed by atoms with E-state index in [2.05, 4.69) is 33.6 Å². The van der Waals surface area contributed by atoms with Gasteiger partial charge in [0.25, 0.3) is 0 Å². The van der Waals surface area contributed by atoms with Gasteiger partial charge in [0, 0.05) is 9.26 Å². The summed E-state index contributed by atoms with van der Waals surface area (Å²) in [6.07, 6.45) is 0. The molecule has 0 spiro atoms. The van der Waals surface area contributed by atoms with Crippen LogP contribution in [0.1, 0.15) is 11.4 Å². The maximum atomic E-state index is 8.87. The number of hydrogen-bond acceptors (Lipinski definition) is 2. The quantitative estimate of drug-likeness (QED) is 0.483. The molecule has 0 fully saturated rings. The van der Waals surface area contributed by atoms with Crippen molar-refractivity contribution < 1.29 is 0 Å². The molecule has 0 saturated carbocycles. The Labute approximate surface area is 134 Å². The Morgan fingerprint density at radius 3 is 2.60 bits per heavy atom. The number of benzene rings is 2. The van der Waals surface area contributed by atoms with Crippen LogP contribution >= 0.6 is 34.2 Å². The van der Waals surface area contributed by atoms with E-state index in [1.165, 1.54) is 0 Å². The van der Waals surface area contributed by atoms with E-state index in [0.717, 1.165) is 26.1 Å². The molecular weight excluding hydrogens is 385 g/mol. The Kier molecular flexibility index (Phi) is 3.64. The van der Waals surface area contributed by atoms with Crippen molar-refractivity contribution in [2.24, 2.45) is 0 Å². The van der Waals surface area contributed by atoms with Gasteiger partial charge in [0.2, 0.25) is 0 Å². The van der Waals surface area contributed by atoms with Crippen LogP contribution in [0.15, 0.2) is 42.5 Å². The van der Waals surface area contributed by atoms with Crippen LogP contribution in [0.2, 0.25) is 0 Å². The maximum Gasteiger partial charge on any atom is 0.129 e. The van der Waals surface area contributed by atoms with Crippen molar-refractivity contribution in [1.82, 2.24) is 9.55 Å². The first kappa shape index (κ1) is 13.4. The first-order valence-corrected chi connectivity index (χ1v) is 7.57. The third-order valence-electron chi connectivity index (χ3n) is 3.06. The molecule has 1 aromatic heterocycles. The number of halogens is 2. The van der Waals surface area contributed by atoms with Crippen LogP contribution in [0, 0.1) is 14.9 Å². The van der Waals surface area contributed by atoms with E-state index >= 15 is 0 Å². The van der Waals surface area contributed by atoms with Crippen LogP contribution in [0.4, 0.5) is 0 Å². The Morgan fingerprint density at radius 1 is 1.20 bits per heavy atom. The number of rotatable bonds is 2. The van der Waals surface area contributed by atoms with Crippen LogP contribution in [0.25, 0.3) is 16.7 Å². The van der Waals surface area contributed by atoms with Gasteiger partial charge >= 0.3 is 0 Å². The van der Waals surface area contributed by atoms with Gasteiger partial charge in [-0.05, 0) is 65.1 Å². The highest BCUT2D eigenvalue weighted by atomic mass is 127. The van der Waals surface area contributed by atoms with Gasteiger partial charge < -0.3 is 0 Å². The molecule has 20 heavy (non-hydrogen) atoms. The van der Waals surface area contributed by atoms with Gasteiger partial charge in [-0.2, -0.15) is 5.26 Å². The largest absolute Gasteiger partial charge is 0.295 e. The van der Waals surface area contributed by atoms with Crippen LogP contribution in [-0.4, -0.2) is 9.55 Å². The number of aromatic nitrogens is 2. The smallest absolute Gasteiger partial charge is 0.129 e. The first-order valence-electron chi connectivity index (χ1n) is 5.96. The van der Waals surface area contributed by atoms with Gasteiger partial charge in [0.1, 0.15) is 5.82 Å². The summed E-state index contributed by atoms with van der Waals surface area (Å²) in [6.45, 7) is 0. The lowest BCUT2D eigenvalue weighted by molar-refractivity contribution is 0.982. The number of imidazole rings is 1. The summed E-state index contributed by atoms with van der Waals surface area (Å²) in [6, 6.07) is 15.7. The molecule has 0 unspecified atom stereocenters. The van der Waals surface area contributed by atoms with E-state index in [1.54, 1.807) is 12.1 Å². The molecule has 2 aromatic carbocycles. The summed E-state index contributed by atoms with van der Waals surface area (Å²) in [5, 5.41) is 8.87. The van der Waals surface area contributed by atoms with Gasteiger partial charge in [0.15, 0.2) is 0 Å². The van der Waals surface area contributed by atoms with E-state index in [1.807, 2.05) is 34.9 Å². The summed E-state index contributed by atoms with van der Waals surface area (Å²) in [5.41, 5.74) is 3.55. The first-order chi connectivity index (χ1) is 9.72. The molecule has 5 heteroatoms. The fraction of sp³-hybridized carbons (Fsp3) is 0.0667. The average molecular weight is 394 g/mol. The lowest BCUT2D eigenvalue weighted by atomic mass is 10.2. The molecule has 0 aliphatic carbocycles. The van der Waals surface area contributed by atoms with Crippen molar-refractivity contribution in [3.63, 3.8) is 0 Å². The SMILES string of the molecule is N#Cc1ccc(-n2c(CCl)nc3cc(I)ccc32)cc1.